The predicted molar refractivity (Wildman–Crippen MR) is 151 cm³/mol. The van der Waals surface area contributed by atoms with Crippen molar-refractivity contribution in [1.82, 2.24) is 20.2 Å². The zero-order valence-corrected chi connectivity index (χ0v) is 23.1. The molecule has 0 atom stereocenters. The highest BCUT2D eigenvalue weighted by atomic mass is 32.2. The van der Waals surface area contributed by atoms with Crippen molar-refractivity contribution < 1.29 is 23.7 Å². The maximum atomic E-state index is 12.6. The molecule has 202 valence electrons. The van der Waals surface area contributed by atoms with E-state index in [0.717, 1.165) is 22.6 Å². The van der Waals surface area contributed by atoms with Crippen molar-refractivity contribution in [3.8, 4) is 40.1 Å². The number of thioether (sulfide) groups is 1. The summed E-state index contributed by atoms with van der Waals surface area (Å²) in [5.74, 6) is 2.74. The number of amides is 1. The highest BCUT2D eigenvalue weighted by Gasteiger charge is 2.18. The van der Waals surface area contributed by atoms with Gasteiger partial charge < -0.3 is 18.9 Å². The Morgan fingerprint density at radius 1 is 0.897 bits per heavy atom. The van der Waals surface area contributed by atoms with Gasteiger partial charge in [0.05, 0.1) is 40.4 Å². The summed E-state index contributed by atoms with van der Waals surface area (Å²) in [4.78, 5) is 12.6. The van der Waals surface area contributed by atoms with Crippen LogP contribution in [-0.2, 0) is 4.79 Å². The van der Waals surface area contributed by atoms with Gasteiger partial charge >= 0.3 is 0 Å². The van der Waals surface area contributed by atoms with Crippen LogP contribution < -0.4 is 24.4 Å². The monoisotopic (exact) mass is 547 g/mol. The minimum Gasteiger partial charge on any atom is -0.497 e. The Morgan fingerprint density at radius 2 is 1.56 bits per heavy atom. The Kier molecular flexibility index (Phi) is 9.06. The lowest BCUT2D eigenvalue weighted by Gasteiger charge is -2.12. The molecular weight excluding hydrogens is 518 g/mol. The van der Waals surface area contributed by atoms with Gasteiger partial charge in [-0.25, -0.2) is 5.43 Å². The number of ether oxygens (including phenoxy) is 4. The largest absolute Gasteiger partial charge is 0.497 e. The van der Waals surface area contributed by atoms with E-state index in [9.17, 15) is 4.79 Å². The molecule has 4 aromatic rings. The van der Waals surface area contributed by atoms with E-state index in [2.05, 4.69) is 20.7 Å². The first-order chi connectivity index (χ1) is 19.0. The average Bonchev–Trinajstić information content (AvgIpc) is 3.40. The minimum absolute atomic E-state index is 0.0720. The first-order valence-electron chi connectivity index (χ1n) is 11.9. The average molecular weight is 548 g/mol. The van der Waals surface area contributed by atoms with Crippen LogP contribution >= 0.6 is 11.8 Å². The van der Waals surface area contributed by atoms with Crippen LogP contribution in [0.5, 0.6) is 23.0 Å². The van der Waals surface area contributed by atoms with E-state index in [1.165, 1.54) is 25.1 Å². The first kappa shape index (κ1) is 27.5. The maximum Gasteiger partial charge on any atom is 0.250 e. The van der Waals surface area contributed by atoms with Crippen LogP contribution in [0, 0.1) is 6.92 Å². The summed E-state index contributed by atoms with van der Waals surface area (Å²) in [6.07, 6.45) is 1.48. The smallest absolute Gasteiger partial charge is 0.250 e. The van der Waals surface area contributed by atoms with E-state index < -0.39 is 0 Å². The normalized spacial score (nSPS) is 10.9. The van der Waals surface area contributed by atoms with Gasteiger partial charge in [0.25, 0.3) is 5.91 Å². The molecule has 39 heavy (non-hydrogen) atoms. The van der Waals surface area contributed by atoms with Gasteiger partial charge in [0, 0.05) is 22.9 Å². The molecule has 0 saturated heterocycles. The second-order valence-corrected chi connectivity index (χ2v) is 9.18. The number of carbonyl (C=O) groups excluding carboxylic acids is 1. The molecule has 1 heterocycles. The first-order valence-corrected chi connectivity index (χ1v) is 12.9. The quantitative estimate of drug-likeness (QED) is 0.166. The fraction of sp³-hybridized carbons (Fsp3) is 0.214. The van der Waals surface area contributed by atoms with Crippen molar-refractivity contribution >= 4 is 23.9 Å². The van der Waals surface area contributed by atoms with E-state index in [1.807, 2.05) is 60.0 Å². The molecule has 0 unspecified atom stereocenters. The van der Waals surface area contributed by atoms with Gasteiger partial charge in [0.15, 0.2) is 22.5 Å². The predicted octanol–water partition coefficient (Wildman–Crippen LogP) is 4.52. The third kappa shape index (κ3) is 6.50. The molecule has 1 aromatic heterocycles. The molecule has 0 aliphatic carbocycles. The molecule has 0 spiro atoms. The van der Waals surface area contributed by atoms with Crippen LogP contribution in [0.1, 0.15) is 11.1 Å². The van der Waals surface area contributed by atoms with Crippen molar-refractivity contribution in [2.75, 3.05) is 34.2 Å². The Balaban J connectivity index is 1.51. The van der Waals surface area contributed by atoms with Gasteiger partial charge in [0.1, 0.15) is 11.5 Å². The summed E-state index contributed by atoms with van der Waals surface area (Å²) in [6, 6.07) is 19.0. The molecule has 10 nitrogen and oxygen atoms in total. The van der Waals surface area contributed by atoms with Gasteiger partial charge in [-0.05, 0) is 37.3 Å². The molecule has 0 aliphatic rings. The number of nitrogens with zero attached hydrogens (tertiary/aromatic N) is 4. The summed E-state index contributed by atoms with van der Waals surface area (Å²) in [6.45, 7) is 2.03. The second kappa shape index (κ2) is 12.8. The minimum atomic E-state index is -0.308. The van der Waals surface area contributed by atoms with Crippen molar-refractivity contribution in [1.29, 1.82) is 0 Å². The summed E-state index contributed by atoms with van der Waals surface area (Å²) >= 11 is 1.25. The third-order valence-corrected chi connectivity index (χ3v) is 6.66. The van der Waals surface area contributed by atoms with Gasteiger partial charge in [-0.15, -0.1) is 10.2 Å². The van der Waals surface area contributed by atoms with E-state index in [-0.39, 0.29) is 11.7 Å². The van der Waals surface area contributed by atoms with Gasteiger partial charge in [-0.1, -0.05) is 41.6 Å². The van der Waals surface area contributed by atoms with E-state index in [4.69, 9.17) is 18.9 Å². The summed E-state index contributed by atoms with van der Waals surface area (Å²) in [7, 11) is 6.24. The Hall–Kier alpha value is -4.51. The van der Waals surface area contributed by atoms with Crippen LogP contribution in [0.3, 0.4) is 0 Å². The fourth-order valence-corrected chi connectivity index (χ4v) is 4.45. The van der Waals surface area contributed by atoms with Gasteiger partial charge in [-0.3, -0.25) is 9.36 Å². The van der Waals surface area contributed by atoms with E-state index >= 15 is 0 Å². The molecule has 0 bridgehead atoms. The van der Waals surface area contributed by atoms with E-state index in [0.29, 0.717) is 33.8 Å². The number of aromatic nitrogens is 3. The molecule has 1 amide bonds. The number of hydrogen-bond acceptors (Lipinski definition) is 9. The van der Waals surface area contributed by atoms with Crippen LogP contribution in [0.2, 0.25) is 0 Å². The molecule has 4 rings (SSSR count). The van der Waals surface area contributed by atoms with E-state index in [1.54, 1.807) is 33.5 Å². The Labute approximate surface area is 231 Å². The Bertz CT molecular complexity index is 1450. The number of methoxy groups -OCH3 is 4. The highest BCUT2D eigenvalue weighted by molar-refractivity contribution is 7.99. The summed E-state index contributed by atoms with van der Waals surface area (Å²) in [5.41, 5.74) is 6.06. The summed E-state index contributed by atoms with van der Waals surface area (Å²) in [5, 5.41) is 13.5. The van der Waals surface area contributed by atoms with Crippen molar-refractivity contribution in [3.05, 3.63) is 71.8 Å². The van der Waals surface area contributed by atoms with Crippen molar-refractivity contribution in [2.24, 2.45) is 5.10 Å². The second-order valence-electron chi connectivity index (χ2n) is 8.24. The molecular formula is C28H29N5O5S. The number of nitrogens with one attached hydrogen (secondary N) is 1. The summed E-state index contributed by atoms with van der Waals surface area (Å²) < 4.78 is 23.2. The molecule has 11 heteroatoms. The van der Waals surface area contributed by atoms with Gasteiger partial charge in [0.2, 0.25) is 0 Å². The molecule has 3 aromatic carbocycles. The molecule has 0 saturated carbocycles. The number of hydrogen-bond donors (Lipinski definition) is 1. The van der Waals surface area contributed by atoms with Crippen LogP contribution in [-0.4, -0.2) is 61.1 Å². The Morgan fingerprint density at radius 3 is 2.21 bits per heavy atom. The van der Waals surface area contributed by atoms with Crippen molar-refractivity contribution in [2.45, 2.75) is 12.1 Å². The zero-order chi connectivity index (χ0) is 27.8. The standard InChI is InChI=1S/C28H29N5O5S/c1-18-6-8-19(9-7-18)27-31-32-28(33(27)21-10-12-22(35-2)13-11-21)39-17-26(34)30-29-16-20-14-24(37-4)25(38-5)15-23(20)36-3/h6-16H,17H2,1-5H3,(H,30,34)/b29-16+. The van der Waals surface area contributed by atoms with Gasteiger partial charge in [-0.2, -0.15) is 5.10 Å². The van der Waals surface area contributed by atoms with Crippen molar-refractivity contribution in [3.63, 3.8) is 0 Å². The molecule has 0 aliphatic heterocycles. The lowest BCUT2D eigenvalue weighted by Crippen LogP contribution is -2.20. The fourth-order valence-electron chi connectivity index (χ4n) is 3.71. The maximum absolute atomic E-state index is 12.6. The van der Waals surface area contributed by atoms with Crippen LogP contribution in [0.15, 0.2) is 70.9 Å². The lowest BCUT2D eigenvalue weighted by molar-refractivity contribution is -0.118. The number of aryl methyl sites for hydroxylation is 1. The van der Waals surface area contributed by atoms with Crippen LogP contribution in [0.4, 0.5) is 0 Å². The molecule has 1 N–H and O–H groups in total. The SMILES string of the molecule is COc1ccc(-n2c(SCC(=O)N/N=C/c3cc(OC)c(OC)cc3OC)nnc2-c2ccc(C)cc2)cc1. The number of carbonyl (C=O) groups is 1. The molecule has 0 radical (unpaired) electrons. The lowest BCUT2D eigenvalue weighted by atomic mass is 10.1. The third-order valence-electron chi connectivity index (χ3n) is 5.73. The number of benzene rings is 3. The number of rotatable bonds is 11. The molecule has 0 fully saturated rings. The van der Waals surface area contributed by atoms with Crippen LogP contribution in [0.25, 0.3) is 17.1 Å². The highest BCUT2D eigenvalue weighted by Crippen LogP contribution is 2.34. The zero-order valence-electron chi connectivity index (χ0n) is 22.3. The number of hydrazone groups is 1. The topological polar surface area (TPSA) is 109 Å².